The molecule has 0 spiro atoms. The van der Waals surface area contributed by atoms with Gasteiger partial charge in [0.15, 0.2) is 0 Å². The Morgan fingerprint density at radius 2 is 2.33 bits per heavy atom. The van der Waals surface area contributed by atoms with Crippen LogP contribution in [0.3, 0.4) is 0 Å². The van der Waals surface area contributed by atoms with E-state index in [1.54, 1.807) is 11.3 Å². The third-order valence-corrected chi connectivity index (χ3v) is 5.00. The van der Waals surface area contributed by atoms with Gasteiger partial charge < -0.3 is 5.73 Å². The van der Waals surface area contributed by atoms with Crippen molar-refractivity contribution < 1.29 is 0 Å². The Kier molecular flexibility index (Phi) is 3.18. The molecule has 0 aromatic carbocycles. The Hall–Kier alpha value is -1.19. The summed E-state index contributed by atoms with van der Waals surface area (Å²) in [5, 5.41) is 2.13. The van der Waals surface area contributed by atoms with Crippen LogP contribution in [0.2, 0.25) is 0 Å². The summed E-state index contributed by atoms with van der Waals surface area (Å²) in [5.41, 5.74) is 10.4. The van der Waals surface area contributed by atoms with Crippen molar-refractivity contribution in [3.05, 3.63) is 51.5 Å². The fourth-order valence-corrected chi connectivity index (χ4v) is 3.90. The first-order chi connectivity index (χ1) is 8.77. The highest BCUT2D eigenvalue weighted by Crippen LogP contribution is 2.40. The number of thiophene rings is 1. The predicted octanol–water partition coefficient (Wildman–Crippen LogP) is 3.57. The van der Waals surface area contributed by atoms with Gasteiger partial charge in [-0.2, -0.15) is 0 Å². The molecule has 2 heterocycles. The Balaban J connectivity index is 1.97. The van der Waals surface area contributed by atoms with Gasteiger partial charge in [-0.25, -0.2) is 0 Å². The number of rotatable bonds is 2. The summed E-state index contributed by atoms with van der Waals surface area (Å²) in [6, 6.07) is 6.48. The molecule has 3 rings (SSSR count). The lowest BCUT2D eigenvalue weighted by atomic mass is 9.81. The number of aryl methyl sites for hydroxylation is 2. The zero-order valence-electron chi connectivity index (χ0n) is 10.6. The molecule has 18 heavy (non-hydrogen) atoms. The molecule has 3 heteroatoms. The summed E-state index contributed by atoms with van der Waals surface area (Å²) in [6.07, 6.45) is 5.42. The fourth-order valence-electron chi connectivity index (χ4n) is 2.90. The fraction of sp³-hybridized carbons (Fsp3) is 0.400. The molecular formula is C15H18N2S. The van der Waals surface area contributed by atoms with Gasteiger partial charge in [0.1, 0.15) is 0 Å². The number of nitrogens with two attached hydrogens (primary N) is 1. The van der Waals surface area contributed by atoms with Gasteiger partial charge in [0, 0.05) is 28.7 Å². The number of hydrogen-bond donors (Lipinski definition) is 1. The van der Waals surface area contributed by atoms with Gasteiger partial charge in [0.25, 0.3) is 0 Å². The summed E-state index contributed by atoms with van der Waals surface area (Å²) in [4.78, 5) is 5.90. The monoisotopic (exact) mass is 258 g/mol. The van der Waals surface area contributed by atoms with Gasteiger partial charge in [0.05, 0.1) is 0 Å². The molecule has 0 saturated carbocycles. The van der Waals surface area contributed by atoms with Crippen LogP contribution in [-0.4, -0.2) is 4.98 Å². The third-order valence-electron chi connectivity index (χ3n) is 3.88. The SMILES string of the molecule is Cc1ccsc1C(N)C1CCCc2cccnc21. The molecule has 1 aliphatic rings. The smallest absolute Gasteiger partial charge is 0.0485 e. The topological polar surface area (TPSA) is 38.9 Å². The van der Waals surface area contributed by atoms with Crippen LogP contribution in [0.1, 0.15) is 46.5 Å². The van der Waals surface area contributed by atoms with E-state index in [0.717, 1.165) is 12.8 Å². The van der Waals surface area contributed by atoms with Gasteiger partial charge in [-0.05, 0) is 54.8 Å². The minimum atomic E-state index is 0.0962. The molecular weight excluding hydrogens is 240 g/mol. The Morgan fingerprint density at radius 3 is 3.11 bits per heavy atom. The van der Waals surface area contributed by atoms with Crippen molar-refractivity contribution in [3.63, 3.8) is 0 Å². The van der Waals surface area contributed by atoms with Crippen LogP contribution in [0.5, 0.6) is 0 Å². The summed E-state index contributed by atoms with van der Waals surface area (Å²) >= 11 is 1.77. The molecule has 2 nitrogen and oxygen atoms in total. The van der Waals surface area contributed by atoms with Crippen molar-refractivity contribution in [1.29, 1.82) is 0 Å². The van der Waals surface area contributed by atoms with Crippen LogP contribution >= 0.6 is 11.3 Å². The maximum atomic E-state index is 6.50. The molecule has 94 valence electrons. The maximum Gasteiger partial charge on any atom is 0.0485 e. The maximum absolute atomic E-state index is 6.50. The quantitative estimate of drug-likeness (QED) is 0.894. The van der Waals surface area contributed by atoms with Crippen LogP contribution in [0, 0.1) is 6.92 Å². The molecule has 2 unspecified atom stereocenters. The van der Waals surface area contributed by atoms with Gasteiger partial charge in [-0.1, -0.05) is 6.07 Å². The van der Waals surface area contributed by atoms with Crippen molar-refractivity contribution in [2.45, 2.75) is 38.1 Å². The zero-order chi connectivity index (χ0) is 12.5. The first kappa shape index (κ1) is 11.9. The highest BCUT2D eigenvalue weighted by Gasteiger charge is 2.28. The number of pyridine rings is 1. The summed E-state index contributed by atoms with van der Waals surface area (Å²) < 4.78 is 0. The first-order valence-corrected chi connectivity index (χ1v) is 7.38. The van der Waals surface area contributed by atoms with Crippen LogP contribution in [0.4, 0.5) is 0 Å². The van der Waals surface area contributed by atoms with Crippen LogP contribution < -0.4 is 5.73 Å². The van der Waals surface area contributed by atoms with Gasteiger partial charge in [-0.15, -0.1) is 11.3 Å². The average Bonchev–Trinajstić information content (AvgIpc) is 2.83. The number of hydrogen-bond acceptors (Lipinski definition) is 3. The van der Waals surface area contributed by atoms with E-state index in [4.69, 9.17) is 5.73 Å². The number of aromatic nitrogens is 1. The van der Waals surface area contributed by atoms with E-state index in [9.17, 15) is 0 Å². The molecule has 0 bridgehead atoms. The lowest BCUT2D eigenvalue weighted by Gasteiger charge is -2.29. The van der Waals surface area contributed by atoms with Gasteiger partial charge in [-0.3, -0.25) is 4.98 Å². The number of nitrogens with zero attached hydrogens (tertiary/aromatic N) is 1. The van der Waals surface area contributed by atoms with E-state index in [0.29, 0.717) is 5.92 Å². The van der Waals surface area contributed by atoms with E-state index in [1.165, 1.54) is 28.1 Å². The number of fused-ring (bicyclic) bond motifs is 1. The molecule has 0 fully saturated rings. The van der Waals surface area contributed by atoms with E-state index in [2.05, 4.69) is 29.4 Å². The molecule has 2 aromatic heterocycles. The molecule has 2 N–H and O–H groups in total. The lowest BCUT2D eigenvalue weighted by Crippen LogP contribution is -2.24. The van der Waals surface area contributed by atoms with Crippen LogP contribution in [-0.2, 0) is 6.42 Å². The lowest BCUT2D eigenvalue weighted by molar-refractivity contribution is 0.466. The molecule has 0 aliphatic heterocycles. The molecule has 2 atom stereocenters. The van der Waals surface area contributed by atoms with Gasteiger partial charge in [0.2, 0.25) is 0 Å². The van der Waals surface area contributed by atoms with Crippen molar-refractivity contribution >= 4 is 11.3 Å². The van der Waals surface area contributed by atoms with Crippen molar-refractivity contribution in [1.82, 2.24) is 4.98 Å². The molecule has 0 amide bonds. The highest BCUT2D eigenvalue weighted by molar-refractivity contribution is 7.10. The van der Waals surface area contributed by atoms with Crippen molar-refractivity contribution in [3.8, 4) is 0 Å². The third kappa shape index (κ3) is 1.98. The summed E-state index contributed by atoms with van der Waals surface area (Å²) in [7, 11) is 0. The van der Waals surface area contributed by atoms with E-state index in [1.807, 2.05) is 12.3 Å². The van der Waals surface area contributed by atoms with Gasteiger partial charge >= 0.3 is 0 Å². The molecule has 0 saturated heterocycles. The van der Waals surface area contributed by atoms with Crippen LogP contribution in [0.25, 0.3) is 0 Å². The minimum Gasteiger partial charge on any atom is -0.323 e. The van der Waals surface area contributed by atoms with Crippen LogP contribution in [0.15, 0.2) is 29.8 Å². The average molecular weight is 258 g/mol. The second-order valence-corrected chi connectivity index (χ2v) is 5.99. The molecule has 2 aromatic rings. The zero-order valence-corrected chi connectivity index (χ0v) is 11.4. The molecule has 0 radical (unpaired) electrons. The predicted molar refractivity (Wildman–Crippen MR) is 75.9 cm³/mol. The normalized spacial score (nSPS) is 20.4. The standard InChI is InChI=1S/C15H18N2S/c1-10-7-9-18-15(10)13(16)12-6-2-4-11-5-3-8-17-14(11)12/h3,5,7-9,12-13H,2,4,6,16H2,1H3. The summed E-state index contributed by atoms with van der Waals surface area (Å²) in [5.74, 6) is 0.382. The van der Waals surface area contributed by atoms with E-state index >= 15 is 0 Å². The van der Waals surface area contributed by atoms with Crippen molar-refractivity contribution in [2.24, 2.45) is 5.73 Å². The highest BCUT2D eigenvalue weighted by atomic mass is 32.1. The summed E-state index contributed by atoms with van der Waals surface area (Å²) in [6.45, 7) is 2.15. The second-order valence-electron chi connectivity index (χ2n) is 5.04. The minimum absolute atomic E-state index is 0.0962. The van der Waals surface area contributed by atoms with E-state index < -0.39 is 0 Å². The Bertz CT molecular complexity index is 547. The largest absolute Gasteiger partial charge is 0.323 e. The Labute approximate surface area is 112 Å². The Morgan fingerprint density at radius 1 is 1.44 bits per heavy atom. The second kappa shape index (κ2) is 4.82. The first-order valence-electron chi connectivity index (χ1n) is 6.50. The van der Waals surface area contributed by atoms with E-state index in [-0.39, 0.29) is 6.04 Å². The molecule has 1 aliphatic carbocycles. The van der Waals surface area contributed by atoms with Crippen molar-refractivity contribution in [2.75, 3.05) is 0 Å².